The summed E-state index contributed by atoms with van der Waals surface area (Å²) >= 11 is 6.16. The van der Waals surface area contributed by atoms with E-state index in [4.69, 9.17) is 16.3 Å². The monoisotopic (exact) mass is 321 g/mol. The molecule has 3 rings (SSSR count). The largest absolute Gasteiger partial charge is 0.483 e. The van der Waals surface area contributed by atoms with E-state index in [-0.39, 0.29) is 6.10 Å². The minimum atomic E-state index is -0.499. The number of hydrogen-bond acceptors (Lipinski definition) is 4. The Kier molecular flexibility index (Phi) is 4.38. The van der Waals surface area contributed by atoms with Crippen LogP contribution in [0.1, 0.15) is 11.1 Å². The van der Waals surface area contributed by atoms with Crippen LogP contribution in [0.25, 0.3) is 0 Å². The number of aliphatic hydroxyl groups is 1. The number of aryl methyl sites for hydroxylation is 2. The van der Waals surface area contributed by atoms with Crippen molar-refractivity contribution in [3.63, 3.8) is 0 Å². The smallest absolute Gasteiger partial charge is 0.157 e. The van der Waals surface area contributed by atoms with Crippen molar-refractivity contribution < 1.29 is 9.84 Å². The van der Waals surface area contributed by atoms with Crippen LogP contribution in [0.3, 0.4) is 0 Å². The van der Waals surface area contributed by atoms with Gasteiger partial charge in [-0.1, -0.05) is 23.7 Å². The SMILES string of the molecule is Cc1ccc(CN2C[C@@H](O)[C@H](Oc3cnn(C)c3)C2)cc1Cl. The van der Waals surface area contributed by atoms with Gasteiger partial charge in [0.2, 0.25) is 0 Å². The van der Waals surface area contributed by atoms with Crippen LogP contribution in [0, 0.1) is 6.92 Å². The molecule has 0 unspecified atom stereocenters. The molecular weight excluding hydrogens is 302 g/mol. The van der Waals surface area contributed by atoms with E-state index < -0.39 is 6.10 Å². The van der Waals surface area contributed by atoms with Crippen LogP contribution in [-0.4, -0.2) is 45.1 Å². The molecule has 0 saturated carbocycles. The molecule has 1 fully saturated rings. The third kappa shape index (κ3) is 3.43. The lowest BCUT2D eigenvalue weighted by molar-refractivity contribution is 0.0736. The number of aromatic nitrogens is 2. The lowest BCUT2D eigenvalue weighted by Gasteiger charge is -2.16. The molecule has 1 aliphatic heterocycles. The van der Waals surface area contributed by atoms with Gasteiger partial charge in [-0.25, -0.2) is 0 Å². The zero-order chi connectivity index (χ0) is 15.7. The van der Waals surface area contributed by atoms with Crippen LogP contribution < -0.4 is 4.74 Å². The highest BCUT2D eigenvalue weighted by molar-refractivity contribution is 6.31. The van der Waals surface area contributed by atoms with E-state index in [2.05, 4.69) is 16.1 Å². The number of aliphatic hydroxyl groups excluding tert-OH is 1. The molecule has 1 aliphatic rings. The van der Waals surface area contributed by atoms with Gasteiger partial charge in [0.1, 0.15) is 12.2 Å². The first-order valence-corrected chi connectivity index (χ1v) is 7.70. The molecule has 0 amide bonds. The maximum absolute atomic E-state index is 10.2. The van der Waals surface area contributed by atoms with Crippen LogP contribution >= 0.6 is 11.6 Å². The van der Waals surface area contributed by atoms with E-state index in [9.17, 15) is 5.11 Å². The van der Waals surface area contributed by atoms with E-state index in [1.54, 1.807) is 17.1 Å². The Morgan fingerprint density at radius 2 is 2.23 bits per heavy atom. The van der Waals surface area contributed by atoms with Crippen molar-refractivity contribution in [1.82, 2.24) is 14.7 Å². The number of β-amino-alcohol motifs (C(OH)–C–C–N with tert-alkyl or cyclic N) is 1. The topological polar surface area (TPSA) is 50.5 Å². The van der Waals surface area contributed by atoms with Crippen molar-refractivity contribution >= 4 is 11.6 Å². The maximum atomic E-state index is 10.2. The number of halogens is 1. The molecule has 2 aromatic rings. The average molecular weight is 322 g/mol. The van der Waals surface area contributed by atoms with Crippen molar-refractivity contribution in [3.8, 4) is 5.75 Å². The Morgan fingerprint density at radius 1 is 1.41 bits per heavy atom. The first kappa shape index (κ1) is 15.3. The highest BCUT2D eigenvalue weighted by atomic mass is 35.5. The molecule has 118 valence electrons. The number of ether oxygens (including phenoxy) is 1. The minimum absolute atomic E-state index is 0.231. The summed E-state index contributed by atoms with van der Waals surface area (Å²) < 4.78 is 7.50. The highest BCUT2D eigenvalue weighted by Crippen LogP contribution is 2.22. The van der Waals surface area contributed by atoms with Gasteiger partial charge in [0, 0.05) is 31.7 Å². The molecule has 1 aromatic carbocycles. The van der Waals surface area contributed by atoms with Crippen LogP contribution in [0.15, 0.2) is 30.6 Å². The number of nitrogens with zero attached hydrogens (tertiary/aromatic N) is 3. The first-order valence-electron chi connectivity index (χ1n) is 7.32. The highest BCUT2D eigenvalue weighted by Gasteiger charge is 2.33. The van der Waals surface area contributed by atoms with Gasteiger partial charge in [-0.15, -0.1) is 0 Å². The van der Waals surface area contributed by atoms with E-state index in [1.807, 2.05) is 26.1 Å². The molecule has 1 N–H and O–H groups in total. The molecule has 1 saturated heterocycles. The molecule has 2 heterocycles. The van der Waals surface area contributed by atoms with E-state index in [0.29, 0.717) is 18.8 Å². The Balaban J connectivity index is 1.61. The quantitative estimate of drug-likeness (QED) is 0.936. The maximum Gasteiger partial charge on any atom is 0.157 e. The van der Waals surface area contributed by atoms with Crippen molar-refractivity contribution in [2.24, 2.45) is 7.05 Å². The van der Waals surface area contributed by atoms with Crippen molar-refractivity contribution in [2.75, 3.05) is 13.1 Å². The number of rotatable bonds is 4. The fourth-order valence-electron chi connectivity index (χ4n) is 2.71. The van der Waals surface area contributed by atoms with Gasteiger partial charge in [0.25, 0.3) is 0 Å². The van der Waals surface area contributed by atoms with Gasteiger partial charge >= 0.3 is 0 Å². The Morgan fingerprint density at radius 3 is 2.91 bits per heavy atom. The number of hydrogen-bond donors (Lipinski definition) is 1. The van der Waals surface area contributed by atoms with Gasteiger partial charge in [-0.3, -0.25) is 9.58 Å². The van der Waals surface area contributed by atoms with E-state index in [1.165, 1.54) is 0 Å². The van der Waals surface area contributed by atoms with Gasteiger partial charge in [0.05, 0.1) is 12.4 Å². The molecule has 0 bridgehead atoms. The first-order chi connectivity index (χ1) is 10.5. The fourth-order valence-corrected chi connectivity index (χ4v) is 2.91. The summed E-state index contributed by atoms with van der Waals surface area (Å²) in [6.45, 7) is 4.02. The van der Waals surface area contributed by atoms with Gasteiger partial charge in [-0.2, -0.15) is 5.10 Å². The molecule has 1 aromatic heterocycles. The molecular formula is C16H20ClN3O2. The standard InChI is InChI=1S/C16H20ClN3O2/c1-11-3-4-12(5-14(11)17)7-20-9-15(21)16(10-20)22-13-6-18-19(2)8-13/h3-6,8,15-16,21H,7,9-10H2,1-2H3/t15-,16-/m1/s1. The third-order valence-electron chi connectivity index (χ3n) is 3.92. The molecule has 22 heavy (non-hydrogen) atoms. The van der Waals surface area contributed by atoms with E-state index >= 15 is 0 Å². The number of benzene rings is 1. The molecule has 5 nitrogen and oxygen atoms in total. The summed E-state index contributed by atoms with van der Waals surface area (Å²) in [4.78, 5) is 2.17. The van der Waals surface area contributed by atoms with Crippen LogP contribution in [-0.2, 0) is 13.6 Å². The lowest BCUT2D eigenvalue weighted by atomic mass is 10.1. The summed E-state index contributed by atoms with van der Waals surface area (Å²) in [6.07, 6.45) is 2.73. The summed E-state index contributed by atoms with van der Waals surface area (Å²) in [6, 6.07) is 6.08. The van der Waals surface area contributed by atoms with Crippen LogP contribution in [0.5, 0.6) is 5.75 Å². The average Bonchev–Trinajstić information content (AvgIpc) is 3.01. The van der Waals surface area contributed by atoms with Crippen LogP contribution in [0.2, 0.25) is 5.02 Å². The molecule has 0 spiro atoms. The number of likely N-dealkylation sites (tertiary alicyclic amines) is 1. The fraction of sp³-hybridized carbons (Fsp3) is 0.438. The zero-order valence-electron chi connectivity index (χ0n) is 12.7. The molecule has 6 heteroatoms. The third-order valence-corrected chi connectivity index (χ3v) is 4.33. The van der Waals surface area contributed by atoms with Crippen molar-refractivity contribution in [3.05, 3.63) is 46.7 Å². The minimum Gasteiger partial charge on any atom is -0.483 e. The lowest BCUT2D eigenvalue weighted by Crippen LogP contribution is -2.29. The normalized spacial score (nSPS) is 22.2. The van der Waals surface area contributed by atoms with Gasteiger partial charge in [0.15, 0.2) is 5.75 Å². The predicted octanol–water partition coefficient (Wildman–Crippen LogP) is 2.01. The van der Waals surface area contributed by atoms with Crippen LogP contribution in [0.4, 0.5) is 0 Å². The molecule has 2 atom stereocenters. The predicted molar refractivity (Wildman–Crippen MR) is 85.1 cm³/mol. The van der Waals surface area contributed by atoms with Crippen molar-refractivity contribution in [2.45, 2.75) is 25.7 Å². The summed E-state index contributed by atoms with van der Waals surface area (Å²) in [7, 11) is 1.84. The zero-order valence-corrected chi connectivity index (χ0v) is 13.5. The Bertz CT molecular complexity index is 659. The Hall–Kier alpha value is -1.56. The second kappa shape index (κ2) is 6.28. The molecule has 0 radical (unpaired) electrons. The summed E-state index contributed by atoms with van der Waals surface area (Å²) in [5, 5.41) is 15.0. The van der Waals surface area contributed by atoms with Crippen molar-refractivity contribution in [1.29, 1.82) is 0 Å². The second-order valence-electron chi connectivity index (χ2n) is 5.85. The summed E-state index contributed by atoms with van der Waals surface area (Å²) in [5.74, 6) is 0.687. The second-order valence-corrected chi connectivity index (χ2v) is 6.26. The molecule has 0 aliphatic carbocycles. The van der Waals surface area contributed by atoms with Gasteiger partial charge < -0.3 is 9.84 Å². The summed E-state index contributed by atoms with van der Waals surface area (Å²) in [5.41, 5.74) is 2.22. The Labute approximate surface area is 135 Å². The van der Waals surface area contributed by atoms with E-state index in [0.717, 1.165) is 22.7 Å². The van der Waals surface area contributed by atoms with Gasteiger partial charge in [-0.05, 0) is 24.1 Å².